The third-order valence-corrected chi connectivity index (χ3v) is 7.89. The number of rotatable bonds is 2. The SMILES string of the molecule is Cc1cc(Br)c(S(=O)(=O)N2CC3CCC2C3)cc1Br. The summed E-state index contributed by atoms with van der Waals surface area (Å²) in [6.45, 7) is 2.63. The Morgan fingerprint density at radius 1 is 1.21 bits per heavy atom. The van der Waals surface area contributed by atoms with E-state index in [1.54, 1.807) is 10.4 Å². The maximum atomic E-state index is 12.8. The third-order valence-electron chi connectivity index (χ3n) is 4.16. The van der Waals surface area contributed by atoms with Crippen molar-refractivity contribution in [2.45, 2.75) is 37.1 Å². The molecule has 0 amide bonds. The molecule has 1 saturated carbocycles. The van der Waals surface area contributed by atoms with Gasteiger partial charge in [-0.15, -0.1) is 0 Å². The molecule has 1 saturated heterocycles. The molecule has 0 aromatic heterocycles. The molecule has 1 aliphatic heterocycles. The lowest BCUT2D eigenvalue weighted by Crippen LogP contribution is -2.37. The molecule has 6 heteroatoms. The van der Waals surface area contributed by atoms with E-state index in [4.69, 9.17) is 0 Å². The van der Waals surface area contributed by atoms with Crippen LogP contribution < -0.4 is 0 Å². The standard InChI is InChI=1S/C13H15Br2NO2S/c1-8-4-12(15)13(6-11(8)14)19(17,18)16-7-9-2-3-10(16)5-9/h4,6,9-10H,2-3,5,7H2,1H3. The second-order valence-corrected chi connectivity index (χ2v) is 9.01. The number of hydrogen-bond acceptors (Lipinski definition) is 2. The average Bonchev–Trinajstić information content (AvgIpc) is 2.95. The molecular weight excluding hydrogens is 394 g/mol. The quantitative estimate of drug-likeness (QED) is 0.748. The first-order valence-electron chi connectivity index (χ1n) is 6.37. The van der Waals surface area contributed by atoms with E-state index in [2.05, 4.69) is 31.9 Å². The minimum Gasteiger partial charge on any atom is -0.207 e. The zero-order valence-corrected chi connectivity index (χ0v) is 14.6. The molecule has 2 atom stereocenters. The first kappa shape index (κ1) is 14.0. The van der Waals surface area contributed by atoms with Crippen LogP contribution in [0, 0.1) is 12.8 Å². The van der Waals surface area contributed by atoms with E-state index in [0.29, 0.717) is 21.8 Å². The van der Waals surface area contributed by atoms with Crippen LogP contribution in [-0.4, -0.2) is 25.3 Å². The Hall–Kier alpha value is 0.0900. The van der Waals surface area contributed by atoms with E-state index < -0.39 is 10.0 Å². The Kier molecular flexibility index (Phi) is 3.57. The lowest BCUT2D eigenvalue weighted by molar-refractivity contribution is 0.333. The van der Waals surface area contributed by atoms with E-state index in [1.165, 1.54) is 6.42 Å². The molecule has 0 radical (unpaired) electrons. The van der Waals surface area contributed by atoms with Crippen molar-refractivity contribution in [3.8, 4) is 0 Å². The normalized spacial score (nSPS) is 27.1. The number of benzene rings is 1. The predicted octanol–water partition coefficient (Wildman–Crippen LogP) is 3.69. The lowest BCUT2D eigenvalue weighted by atomic mass is 10.1. The van der Waals surface area contributed by atoms with Crippen LogP contribution in [0.4, 0.5) is 0 Å². The smallest absolute Gasteiger partial charge is 0.207 e. The fourth-order valence-electron chi connectivity index (χ4n) is 3.13. The molecule has 1 heterocycles. The van der Waals surface area contributed by atoms with Crippen LogP contribution in [-0.2, 0) is 10.0 Å². The summed E-state index contributed by atoms with van der Waals surface area (Å²) in [5.74, 6) is 0.562. The van der Waals surface area contributed by atoms with Gasteiger partial charge in [0.05, 0.1) is 4.90 Å². The van der Waals surface area contributed by atoms with Crippen LogP contribution in [0.25, 0.3) is 0 Å². The fourth-order valence-corrected chi connectivity index (χ4v) is 6.51. The van der Waals surface area contributed by atoms with Crippen LogP contribution in [0.3, 0.4) is 0 Å². The molecule has 2 fully saturated rings. The Bertz CT molecular complexity index is 630. The molecule has 2 unspecified atom stereocenters. The van der Waals surface area contributed by atoms with Gasteiger partial charge in [0, 0.05) is 21.5 Å². The van der Waals surface area contributed by atoms with Gasteiger partial charge in [-0.25, -0.2) is 8.42 Å². The summed E-state index contributed by atoms with van der Waals surface area (Å²) in [5.41, 5.74) is 1.02. The van der Waals surface area contributed by atoms with E-state index in [9.17, 15) is 8.42 Å². The summed E-state index contributed by atoms with van der Waals surface area (Å²) < 4.78 is 28.7. The van der Waals surface area contributed by atoms with Crippen LogP contribution in [0.5, 0.6) is 0 Å². The summed E-state index contributed by atoms with van der Waals surface area (Å²) in [5, 5.41) is 0. The Morgan fingerprint density at radius 2 is 1.95 bits per heavy atom. The molecule has 3 nitrogen and oxygen atoms in total. The van der Waals surface area contributed by atoms with Gasteiger partial charge < -0.3 is 0 Å². The number of aryl methyl sites for hydroxylation is 1. The summed E-state index contributed by atoms with van der Waals surface area (Å²) in [6, 6.07) is 3.77. The second-order valence-electron chi connectivity index (χ2n) is 5.44. The number of fused-ring (bicyclic) bond motifs is 2. The first-order chi connectivity index (χ1) is 8.89. The summed E-state index contributed by atoms with van der Waals surface area (Å²) in [7, 11) is -3.38. The summed E-state index contributed by atoms with van der Waals surface area (Å²) in [4.78, 5) is 0.373. The van der Waals surface area contributed by atoms with Gasteiger partial charge in [-0.05, 0) is 65.7 Å². The highest BCUT2D eigenvalue weighted by molar-refractivity contribution is 9.11. The Balaban J connectivity index is 2.03. The van der Waals surface area contributed by atoms with Crippen LogP contribution in [0.2, 0.25) is 0 Å². The molecule has 1 aliphatic carbocycles. The highest BCUT2D eigenvalue weighted by atomic mass is 79.9. The fraction of sp³-hybridized carbons (Fsp3) is 0.538. The topological polar surface area (TPSA) is 37.4 Å². The van der Waals surface area contributed by atoms with Crippen LogP contribution >= 0.6 is 31.9 Å². The zero-order chi connectivity index (χ0) is 13.8. The molecule has 1 aromatic carbocycles. The highest BCUT2D eigenvalue weighted by Crippen LogP contribution is 2.42. The third kappa shape index (κ3) is 2.30. The number of piperidine rings is 1. The molecule has 1 aromatic rings. The Labute approximate surface area is 130 Å². The van der Waals surface area contributed by atoms with Crippen molar-refractivity contribution >= 4 is 41.9 Å². The van der Waals surface area contributed by atoms with Crippen molar-refractivity contribution in [1.82, 2.24) is 4.31 Å². The van der Waals surface area contributed by atoms with E-state index in [1.807, 2.05) is 13.0 Å². The van der Waals surface area contributed by atoms with E-state index in [-0.39, 0.29) is 6.04 Å². The minimum atomic E-state index is -3.38. The van der Waals surface area contributed by atoms with E-state index in [0.717, 1.165) is 22.9 Å². The molecular formula is C13H15Br2NO2S. The van der Waals surface area contributed by atoms with Gasteiger partial charge in [0.25, 0.3) is 0 Å². The van der Waals surface area contributed by atoms with Gasteiger partial charge in [0.2, 0.25) is 10.0 Å². The molecule has 0 spiro atoms. The maximum Gasteiger partial charge on any atom is 0.244 e. The van der Waals surface area contributed by atoms with Crippen molar-refractivity contribution in [2.75, 3.05) is 6.54 Å². The molecule has 0 N–H and O–H groups in total. The number of hydrogen-bond donors (Lipinski definition) is 0. The van der Waals surface area contributed by atoms with Crippen molar-refractivity contribution in [2.24, 2.45) is 5.92 Å². The number of halogens is 2. The summed E-state index contributed by atoms with van der Waals surface area (Å²) >= 11 is 6.81. The summed E-state index contributed by atoms with van der Waals surface area (Å²) in [6.07, 6.45) is 3.22. The maximum absolute atomic E-state index is 12.8. The Morgan fingerprint density at radius 3 is 2.53 bits per heavy atom. The van der Waals surface area contributed by atoms with Gasteiger partial charge in [-0.3, -0.25) is 0 Å². The van der Waals surface area contributed by atoms with Crippen molar-refractivity contribution in [3.63, 3.8) is 0 Å². The molecule has 3 rings (SSSR count). The van der Waals surface area contributed by atoms with Crippen molar-refractivity contribution in [3.05, 3.63) is 26.6 Å². The molecule has 2 bridgehead atoms. The predicted molar refractivity (Wildman–Crippen MR) is 81.6 cm³/mol. The van der Waals surface area contributed by atoms with Gasteiger partial charge in [-0.1, -0.05) is 15.9 Å². The van der Waals surface area contributed by atoms with Gasteiger partial charge in [-0.2, -0.15) is 4.31 Å². The lowest BCUT2D eigenvalue weighted by Gasteiger charge is -2.26. The first-order valence-corrected chi connectivity index (χ1v) is 9.39. The molecule has 2 aliphatic rings. The van der Waals surface area contributed by atoms with Crippen LogP contribution in [0.15, 0.2) is 26.0 Å². The number of nitrogens with zero attached hydrogens (tertiary/aromatic N) is 1. The van der Waals surface area contributed by atoms with Crippen molar-refractivity contribution < 1.29 is 8.42 Å². The largest absolute Gasteiger partial charge is 0.244 e. The monoisotopic (exact) mass is 407 g/mol. The molecule has 104 valence electrons. The second kappa shape index (κ2) is 4.83. The minimum absolute atomic E-state index is 0.210. The van der Waals surface area contributed by atoms with Gasteiger partial charge >= 0.3 is 0 Å². The van der Waals surface area contributed by atoms with E-state index >= 15 is 0 Å². The van der Waals surface area contributed by atoms with Gasteiger partial charge in [0.1, 0.15) is 0 Å². The number of sulfonamides is 1. The highest BCUT2D eigenvalue weighted by Gasteiger charge is 2.44. The van der Waals surface area contributed by atoms with Gasteiger partial charge in [0.15, 0.2) is 0 Å². The average molecular weight is 409 g/mol. The van der Waals surface area contributed by atoms with Crippen molar-refractivity contribution in [1.29, 1.82) is 0 Å². The molecule has 19 heavy (non-hydrogen) atoms. The zero-order valence-electron chi connectivity index (χ0n) is 10.6. The van der Waals surface area contributed by atoms with Crippen LogP contribution in [0.1, 0.15) is 24.8 Å².